The van der Waals surface area contributed by atoms with Crippen molar-refractivity contribution in [2.45, 2.75) is 33.4 Å². The molecule has 2 N–H and O–H groups in total. The summed E-state index contributed by atoms with van der Waals surface area (Å²) in [5.41, 5.74) is 1.66. The second-order valence-electron chi connectivity index (χ2n) is 6.41. The monoisotopic (exact) mass is 416 g/mol. The molecule has 2 aromatic heterocycles. The molecule has 3 rings (SSSR count). The number of benzene rings is 1. The third-order valence-electron chi connectivity index (χ3n) is 3.71. The zero-order chi connectivity index (χ0) is 20.1. The van der Waals surface area contributed by atoms with E-state index < -0.39 is 0 Å². The van der Waals surface area contributed by atoms with Crippen LogP contribution in [0.4, 0.5) is 10.9 Å². The van der Waals surface area contributed by atoms with E-state index in [1.165, 1.54) is 11.3 Å². The predicted molar refractivity (Wildman–Crippen MR) is 113 cm³/mol. The molecule has 0 aliphatic carbocycles. The van der Waals surface area contributed by atoms with E-state index in [-0.39, 0.29) is 12.0 Å². The molecule has 0 spiro atoms. The zero-order valence-electron chi connectivity index (χ0n) is 15.8. The zero-order valence-corrected chi connectivity index (χ0v) is 17.4. The molecule has 146 valence electrons. The van der Waals surface area contributed by atoms with E-state index in [2.05, 4.69) is 20.6 Å². The molecule has 0 unspecified atom stereocenters. The standard InChI is InChI=1S/C20H21ClN4O2S/c1-12(2)27-16-7-4-14(5-8-16)10-23-19(26)18-13(3)24-20(28-18)25-17-9-6-15(21)11-22-17/h4-9,11-12H,10H2,1-3H3,(H,23,26)(H,22,24,25). The lowest BCUT2D eigenvalue weighted by Gasteiger charge is -2.10. The third-order valence-corrected chi connectivity index (χ3v) is 5.01. The summed E-state index contributed by atoms with van der Waals surface area (Å²) in [6, 6.07) is 11.2. The molecule has 0 radical (unpaired) electrons. The fourth-order valence-corrected chi connectivity index (χ4v) is 3.44. The Morgan fingerprint density at radius 2 is 1.96 bits per heavy atom. The van der Waals surface area contributed by atoms with Crippen molar-refractivity contribution in [3.8, 4) is 5.75 Å². The number of rotatable bonds is 7. The van der Waals surface area contributed by atoms with Gasteiger partial charge in [-0.15, -0.1) is 0 Å². The van der Waals surface area contributed by atoms with Gasteiger partial charge < -0.3 is 15.4 Å². The van der Waals surface area contributed by atoms with Crippen LogP contribution in [0.3, 0.4) is 0 Å². The highest BCUT2D eigenvalue weighted by Gasteiger charge is 2.15. The number of hydrogen-bond donors (Lipinski definition) is 2. The number of halogens is 1. The van der Waals surface area contributed by atoms with E-state index in [0.29, 0.717) is 33.1 Å². The van der Waals surface area contributed by atoms with Gasteiger partial charge in [-0.05, 0) is 50.6 Å². The normalized spacial score (nSPS) is 10.8. The number of hydrogen-bond acceptors (Lipinski definition) is 6. The van der Waals surface area contributed by atoms with Crippen molar-refractivity contribution in [2.24, 2.45) is 0 Å². The number of aryl methyl sites for hydroxylation is 1. The van der Waals surface area contributed by atoms with Crippen molar-refractivity contribution in [2.75, 3.05) is 5.32 Å². The lowest BCUT2D eigenvalue weighted by molar-refractivity contribution is 0.0954. The number of pyridine rings is 1. The molecule has 0 saturated carbocycles. The van der Waals surface area contributed by atoms with E-state index in [9.17, 15) is 4.79 Å². The van der Waals surface area contributed by atoms with Crippen LogP contribution in [-0.4, -0.2) is 22.0 Å². The van der Waals surface area contributed by atoms with Gasteiger partial charge in [-0.25, -0.2) is 9.97 Å². The maximum Gasteiger partial charge on any atom is 0.263 e. The molecular formula is C20H21ClN4O2S. The van der Waals surface area contributed by atoms with Gasteiger partial charge in [-0.3, -0.25) is 4.79 Å². The van der Waals surface area contributed by atoms with Gasteiger partial charge in [0.25, 0.3) is 5.91 Å². The number of carbonyl (C=O) groups is 1. The van der Waals surface area contributed by atoms with E-state index in [4.69, 9.17) is 16.3 Å². The van der Waals surface area contributed by atoms with Gasteiger partial charge in [-0.1, -0.05) is 35.1 Å². The summed E-state index contributed by atoms with van der Waals surface area (Å²) in [4.78, 5) is 21.7. The van der Waals surface area contributed by atoms with Crippen molar-refractivity contribution in [1.29, 1.82) is 0 Å². The average Bonchev–Trinajstić information content (AvgIpc) is 3.02. The van der Waals surface area contributed by atoms with E-state index in [1.54, 1.807) is 18.3 Å². The largest absolute Gasteiger partial charge is 0.491 e. The Labute approximate surface area is 172 Å². The molecule has 1 aromatic carbocycles. The molecule has 0 aliphatic rings. The number of amides is 1. The first-order valence-corrected chi connectivity index (χ1v) is 10.00. The van der Waals surface area contributed by atoms with Crippen molar-refractivity contribution in [1.82, 2.24) is 15.3 Å². The van der Waals surface area contributed by atoms with Gasteiger partial charge in [0.1, 0.15) is 16.4 Å². The van der Waals surface area contributed by atoms with Gasteiger partial charge in [-0.2, -0.15) is 0 Å². The van der Waals surface area contributed by atoms with Crippen LogP contribution in [0.2, 0.25) is 5.02 Å². The molecule has 0 saturated heterocycles. The Kier molecular flexibility index (Phi) is 6.49. The minimum absolute atomic E-state index is 0.130. The minimum Gasteiger partial charge on any atom is -0.491 e. The average molecular weight is 417 g/mol. The molecule has 28 heavy (non-hydrogen) atoms. The third kappa shape index (κ3) is 5.43. The number of carbonyl (C=O) groups excluding carboxylic acids is 1. The van der Waals surface area contributed by atoms with Crippen LogP contribution in [0.15, 0.2) is 42.6 Å². The van der Waals surface area contributed by atoms with E-state index in [1.807, 2.05) is 45.0 Å². The highest BCUT2D eigenvalue weighted by molar-refractivity contribution is 7.17. The number of nitrogens with zero attached hydrogens (tertiary/aromatic N) is 2. The fourth-order valence-electron chi connectivity index (χ4n) is 2.44. The van der Waals surface area contributed by atoms with Crippen molar-refractivity contribution < 1.29 is 9.53 Å². The Hall–Kier alpha value is -2.64. The topological polar surface area (TPSA) is 76.1 Å². The first-order chi connectivity index (χ1) is 13.4. The molecule has 1 amide bonds. The van der Waals surface area contributed by atoms with Crippen LogP contribution in [0, 0.1) is 6.92 Å². The molecule has 2 heterocycles. The Morgan fingerprint density at radius 1 is 1.21 bits per heavy atom. The Balaban J connectivity index is 1.59. The second-order valence-corrected chi connectivity index (χ2v) is 7.85. The summed E-state index contributed by atoms with van der Waals surface area (Å²) in [6.45, 7) is 6.21. The van der Waals surface area contributed by atoms with E-state index >= 15 is 0 Å². The van der Waals surface area contributed by atoms with Crippen molar-refractivity contribution >= 4 is 39.8 Å². The van der Waals surface area contributed by atoms with Gasteiger partial charge in [0.05, 0.1) is 16.8 Å². The predicted octanol–water partition coefficient (Wildman–Crippen LogP) is 4.96. The molecular weight excluding hydrogens is 396 g/mol. The van der Waals surface area contributed by atoms with Crippen LogP contribution in [0.5, 0.6) is 5.75 Å². The van der Waals surface area contributed by atoms with Crippen molar-refractivity contribution in [3.63, 3.8) is 0 Å². The summed E-state index contributed by atoms with van der Waals surface area (Å²) in [6.07, 6.45) is 1.68. The smallest absolute Gasteiger partial charge is 0.263 e. The SMILES string of the molecule is Cc1nc(Nc2ccc(Cl)cn2)sc1C(=O)NCc1ccc(OC(C)C)cc1. The minimum atomic E-state index is -0.158. The maximum absolute atomic E-state index is 12.5. The van der Waals surface area contributed by atoms with Gasteiger partial charge in [0, 0.05) is 12.7 Å². The summed E-state index contributed by atoms with van der Waals surface area (Å²) in [5.74, 6) is 1.28. The maximum atomic E-state index is 12.5. The van der Waals surface area contributed by atoms with Crippen LogP contribution in [0.25, 0.3) is 0 Å². The summed E-state index contributed by atoms with van der Waals surface area (Å²) in [5, 5.41) is 7.18. The quantitative estimate of drug-likeness (QED) is 0.569. The van der Waals surface area contributed by atoms with E-state index in [0.717, 1.165) is 11.3 Å². The molecule has 8 heteroatoms. The Morgan fingerprint density at radius 3 is 2.61 bits per heavy atom. The van der Waals surface area contributed by atoms with Crippen LogP contribution < -0.4 is 15.4 Å². The second kappa shape index (κ2) is 9.03. The molecule has 0 fully saturated rings. The number of aromatic nitrogens is 2. The van der Waals surface area contributed by atoms with Gasteiger partial charge in [0.2, 0.25) is 0 Å². The van der Waals surface area contributed by atoms with Gasteiger partial charge in [0.15, 0.2) is 5.13 Å². The van der Waals surface area contributed by atoms with Crippen LogP contribution in [-0.2, 0) is 6.54 Å². The molecule has 0 aliphatic heterocycles. The molecule has 0 atom stereocenters. The molecule has 3 aromatic rings. The first-order valence-electron chi connectivity index (χ1n) is 8.80. The highest BCUT2D eigenvalue weighted by atomic mass is 35.5. The highest BCUT2D eigenvalue weighted by Crippen LogP contribution is 2.25. The molecule has 0 bridgehead atoms. The number of thiazole rings is 1. The number of anilines is 2. The fraction of sp³-hybridized carbons (Fsp3) is 0.250. The summed E-state index contributed by atoms with van der Waals surface area (Å²) >= 11 is 7.12. The van der Waals surface area contributed by atoms with Gasteiger partial charge >= 0.3 is 0 Å². The van der Waals surface area contributed by atoms with Crippen molar-refractivity contribution in [3.05, 3.63) is 63.8 Å². The first kappa shape index (κ1) is 20.1. The summed E-state index contributed by atoms with van der Waals surface area (Å²) < 4.78 is 5.62. The van der Waals surface area contributed by atoms with Crippen LogP contribution >= 0.6 is 22.9 Å². The summed E-state index contributed by atoms with van der Waals surface area (Å²) in [7, 11) is 0. The molecule has 6 nitrogen and oxygen atoms in total. The lowest BCUT2D eigenvalue weighted by Crippen LogP contribution is -2.22. The number of nitrogens with one attached hydrogen (secondary N) is 2. The number of ether oxygens (including phenoxy) is 1. The van der Waals surface area contributed by atoms with Crippen LogP contribution in [0.1, 0.15) is 34.8 Å². The lowest BCUT2D eigenvalue weighted by atomic mass is 10.2. The Bertz CT molecular complexity index is 940.